The van der Waals surface area contributed by atoms with Gasteiger partial charge >= 0.3 is 0 Å². The van der Waals surface area contributed by atoms with E-state index in [4.69, 9.17) is 5.73 Å². The quantitative estimate of drug-likeness (QED) is 0.420. The number of nitrogens with zero attached hydrogens (tertiary/aromatic N) is 3. The molecule has 0 saturated heterocycles. The largest absolute Gasteiger partial charge is 0.321 e. The second-order valence-electron chi connectivity index (χ2n) is 12.7. The highest BCUT2D eigenvalue weighted by molar-refractivity contribution is 7.85. The molecule has 0 aliphatic heterocycles. The molecule has 0 bridgehead atoms. The van der Waals surface area contributed by atoms with Gasteiger partial charge in [0, 0.05) is 18.1 Å². The first-order chi connectivity index (χ1) is 17.0. The molecule has 2 aromatic heterocycles. The second kappa shape index (κ2) is 14.5. The first-order valence-electron chi connectivity index (χ1n) is 12.8. The smallest absolute Gasteiger partial charge is 0.144 e. The van der Waals surface area contributed by atoms with Crippen molar-refractivity contribution in [2.24, 2.45) is 10.1 Å². The van der Waals surface area contributed by atoms with Gasteiger partial charge < -0.3 is 5.73 Å². The number of nitrogens with one attached hydrogen (secondary N) is 1. The maximum Gasteiger partial charge on any atom is 0.144 e. The predicted molar refractivity (Wildman–Crippen MR) is 166 cm³/mol. The molecule has 216 valence electrons. The third-order valence-electron chi connectivity index (χ3n) is 4.82. The molecule has 0 aliphatic carbocycles. The van der Waals surface area contributed by atoms with Gasteiger partial charge in [-0.2, -0.15) is 4.40 Å². The van der Waals surface area contributed by atoms with Gasteiger partial charge in [0.1, 0.15) is 11.0 Å². The minimum Gasteiger partial charge on any atom is -0.321 e. The molecule has 2 atom stereocenters. The highest BCUT2D eigenvalue weighted by Crippen LogP contribution is 2.21. The van der Waals surface area contributed by atoms with Gasteiger partial charge in [0.25, 0.3) is 0 Å². The fourth-order valence-corrected chi connectivity index (χ4v) is 3.91. The lowest BCUT2D eigenvalue weighted by atomic mass is 10.0. The molecule has 9 heteroatoms. The zero-order valence-electron chi connectivity index (χ0n) is 26.0. The Morgan fingerprint density at radius 2 is 1.18 bits per heavy atom. The van der Waals surface area contributed by atoms with Gasteiger partial charge in [-0.3, -0.25) is 9.97 Å². The Morgan fingerprint density at radius 3 is 1.45 bits per heavy atom. The summed E-state index contributed by atoms with van der Waals surface area (Å²) in [7, 11) is -2.18. The fourth-order valence-electron chi connectivity index (χ4n) is 2.43. The number of pyridine rings is 2. The van der Waals surface area contributed by atoms with Crippen LogP contribution in [-0.2, 0) is 33.0 Å². The van der Waals surface area contributed by atoms with E-state index in [9.17, 15) is 8.42 Å². The van der Waals surface area contributed by atoms with Crippen LogP contribution in [0.15, 0.2) is 41.1 Å². The van der Waals surface area contributed by atoms with E-state index in [1.54, 1.807) is 0 Å². The molecular formula is C29H51N5O2S2. The van der Waals surface area contributed by atoms with Crippen LogP contribution in [0.5, 0.6) is 0 Å². The number of hydrogen-bond acceptors (Lipinski definition) is 5. The van der Waals surface area contributed by atoms with Crippen molar-refractivity contribution in [3.63, 3.8) is 0 Å². The Morgan fingerprint density at radius 1 is 0.763 bits per heavy atom. The van der Waals surface area contributed by atoms with Gasteiger partial charge in [-0.15, -0.1) is 0 Å². The summed E-state index contributed by atoms with van der Waals surface area (Å²) in [5.41, 5.74) is 10.1. The van der Waals surface area contributed by atoms with Crippen LogP contribution in [0, 0.1) is 13.8 Å². The standard InChI is InChI=1S/C13H22N2OS.C9H14N2.C7H15NOS/c1-10-7-8-11(14-9-10)13(5,6)15-17(16)12(2,3)4;1-7-4-5-8(11-6-7)9(2,3)10;1-6(2)8-10(9)7(3,4)5/h7-9,15H,1-6H3;4-6H,10H2,1-3H3;1-5H3/t17-;;10-/m1.1/s1. The van der Waals surface area contributed by atoms with Crippen molar-refractivity contribution in [3.05, 3.63) is 59.2 Å². The van der Waals surface area contributed by atoms with Crippen LogP contribution in [-0.4, -0.2) is 33.6 Å². The average molecular weight is 566 g/mol. The van der Waals surface area contributed by atoms with E-state index in [2.05, 4.69) is 19.1 Å². The lowest BCUT2D eigenvalue weighted by Gasteiger charge is -2.29. The number of aromatic nitrogens is 2. The summed E-state index contributed by atoms with van der Waals surface area (Å²) in [4.78, 5) is 8.61. The Labute approximate surface area is 237 Å². The zero-order chi connectivity index (χ0) is 30.1. The normalized spacial score (nSPS) is 13.8. The number of nitrogens with two attached hydrogens (primary N) is 1. The van der Waals surface area contributed by atoms with Crippen LogP contribution in [0.25, 0.3) is 0 Å². The highest BCUT2D eigenvalue weighted by atomic mass is 32.2. The minimum absolute atomic E-state index is 0.225. The highest BCUT2D eigenvalue weighted by Gasteiger charge is 2.29. The minimum atomic E-state index is -1.10. The Bertz CT molecular complexity index is 1070. The maximum atomic E-state index is 12.1. The monoisotopic (exact) mass is 565 g/mol. The summed E-state index contributed by atoms with van der Waals surface area (Å²) < 4.78 is 29.9. The molecule has 0 saturated carbocycles. The van der Waals surface area contributed by atoms with Crippen LogP contribution >= 0.6 is 0 Å². The zero-order valence-corrected chi connectivity index (χ0v) is 27.6. The molecule has 38 heavy (non-hydrogen) atoms. The van der Waals surface area contributed by atoms with Crippen molar-refractivity contribution < 1.29 is 8.42 Å². The summed E-state index contributed by atoms with van der Waals surface area (Å²) in [6.07, 6.45) is 3.67. The third kappa shape index (κ3) is 14.4. The molecule has 0 unspecified atom stereocenters. The fraction of sp³-hybridized carbons (Fsp3) is 0.621. The second-order valence-corrected chi connectivity index (χ2v) is 16.5. The number of rotatable bonds is 5. The summed E-state index contributed by atoms with van der Waals surface area (Å²) in [6.45, 7) is 27.2. The molecule has 0 spiro atoms. The summed E-state index contributed by atoms with van der Waals surface area (Å²) in [5, 5.41) is 0. The molecule has 2 rings (SSSR count). The number of aryl methyl sites for hydroxylation is 2. The van der Waals surface area contributed by atoms with Crippen LogP contribution < -0.4 is 10.5 Å². The molecule has 0 amide bonds. The first kappa shape index (κ1) is 36.2. The van der Waals surface area contributed by atoms with E-state index in [1.807, 2.05) is 134 Å². The lowest BCUT2D eigenvalue weighted by molar-refractivity contribution is 0.473. The van der Waals surface area contributed by atoms with E-state index >= 15 is 0 Å². The average Bonchev–Trinajstić information content (AvgIpc) is 2.72. The summed E-state index contributed by atoms with van der Waals surface area (Å²) in [5.74, 6) is 0. The molecule has 0 radical (unpaired) electrons. The third-order valence-corrected chi connectivity index (χ3v) is 8.20. The van der Waals surface area contributed by atoms with Gasteiger partial charge in [0.05, 0.1) is 42.9 Å². The van der Waals surface area contributed by atoms with Crippen LogP contribution in [0.4, 0.5) is 0 Å². The molecule has 0 fully saturated rings. The summed E-state index contributed by atoms with van der Waals surface area (Å²) in [6, 6.07) is 7.99. The van der Waals surface area contributed by atoms with Gasteiger partial charge in [-0.25, -0.2) is 13.1 Å². The topological polar surface area (TPSA) is 110 Å². The van der Waals surface area contributed by atoms with E-state index in [-0.39, 0.29) is 15.0 Å². The van der Waals surface area contributed by atoms with Gasteiger partial charge in [-0.05, 0) is 120 Å². The molecule has 2 heterocycles. The first-order valence-corrected chi connectivity index (χ1v) is 15.0. The maximum absolute atomic E-state index is 12.1. The van der Waals surface area contributed by atoms with E-state index in [0.29, 0.717) is 0 Å². The van der Waals surface area contributed by atoms with Crippen molar-refractivity contribution in [3.8, 4) is 0 Å². The van der Waals surface area contributed by atoms with Gasteiger partial charge in [0.2, 0.25) is 0 Å². The molecule has 2 aromatic rings. The molecule has 3 N–H and O–H groups in total. The van der Waals surface area contributed by atoms with E-state index < -0.39 is 27.5 Å². The van der Waals surface area contributed by atoms with Gasteiger partial charge in [-0.1, -0.05) is 12.1 Å². The van der Waals surface area contributed by atoms with Crippen molar-refractivity contribution in [1.82, 2.24) is 14.7 Å². The Balaban J connectivity index is 0.000000569. The SMILES string of the molecule is CC(C)=N[S@](=O)C(C)(C)C.Cc1ccc(C(C)(C)N)nc1.Cc1ccc(C(C)(C)N[S@](=O)C(C)(C)C)nc1. The van der Waals surface area contributed by atoms with Crippen LogP contribution in [0.2, 0.25) is 0 Å². The summed E-state index contributed by atoms with van der Waals surface area (Å²) >= 11 is 0. The van der Waals surface area contributed by atoms with E-state index in [1.165, 1.54) is 0 Å². The van der Waals surface area contributed by atoms with E-state index in [0.717, 1.165) is 28.2 Å². The molecule has 7 nitrogen and oxygen atoms in total. The number of hydrogen-bond donors (Lipinski definition) is 2. The van der Waals surface area contributed by atoms with Crippen LogP contribution in [0.1, 0.15) is 106 Å². The lowest BCUT2D eigenvalue weighted by Crippen LogP contribution is -2.44. The van der Waals surface area contributed by atoms with Crippen molar-refractivity contribution >= 4 is 27.7 Å². The molecular weight excluding hydrogens is 514 g/mol. The van der Waals surface area contributed by atoms with Crippen LogP contribution in [0.3, 0.4) is 0 Å². The molecule has 0 aromatic carbocycles. The van der Waals surface area contributed by atoms with Crippen molar-refractivity contribution in [2.75, 3.05) is 0 Å². The van der Waals surface area contributed by atoms with Crippen molar-refractivity contribution in [2.45, 2.75) is 118 Å². The Kier molecular flexibility index (Phi) is 13.8. The Hall–Kier alpha value is -1.81. The predicted octanol–water partition coefficient (Wildman–Crippen LogP) is 6.19. The van der Waals surface area contributed by atoms with Gasteiger partial charge in [0.15, 0.2) is 0 Å². The van der Waals surface area contributed by atoms with Crippen molar-refractivity contribution in [1.29, 1.82) is 0 Å². The molecule has 0 aliphatic rings.